The molecule has 0 spiro atoms. The zero-order valence-electron chi connectivity index (χ0n) is 17.2. The number of H-pyrrole nitrogens is 1. The third-order valence-corrected chi connectivity index (χ3v) is 4.61. The van der Waals surface area contributed by atoms with Gasteiger partial charge in [-0.25, -0.2) is 9.59 Å². The van der Waals surface area contributed by atoms with Gasteiger partial charge in [-0.2, -0.15) is 0 Å². The molecule has 158 valence electrons. The highest BCUT2D eigenvalue weighted by molar-refractivity contribution is 5.66. The fourth-order valence-corrected chi connectivity index (χ4v) is 3.27. The Morgan fingerprint density at radius 3 is 2.33 bits per heavy atom. The summed E-state index contributed by atoms with van der Waals surface area (Å²) in [6.45, 7) is 5.81. The summed E-state index contributed by atoms with van der Waals surface area (Å²) in [5.41, 5.74) is 1.22. The minimum atomic E-state index is -1.11. The highest BCUT2D eigenvalue weighted by Crippen LogP contribution is 2.30. The van der Waals surface area contributed by atoms with E-state index in [2.05, 4.69) is 14.7 Å². The van der Waals surface area contributed by atoms with E-state index < -0.39 is 23.4 Å². The zero-order chi connectivity index (χ0) is 21.7. The van der Waals surface area contributed by atoms with Crippen molar-refractivity contribution in [2.75, 3.05) is 0 Å². The first-order valence-electron chi connectivity index (χ1n) is 9.58. The van der Waals surface area contributed by atoms with Gasteiger partial charge in [-0.1, -0.05) is 47.6 Å². The van der Waals surface area contributed by atoms with Crippen LogP contribution in [-0.4, -0.2) is 31.8 Å². The predicted octanol–water partition coefficient (Wildman–Crippen LogP) is 4.00. The lowest BCUT2D eigenvalue weighted by molar-refractivity contribution is 0.0660. The van der Waals surface area contributed by atoms with E-state index in [9.17, 15) is 14.7 Å². The molecule has 0 saturated heterocycles. The molecule has 0 aliphatic carbocycles. The van der Waals surface area contributed by atoms with Gasteiger partial charge in [0.15, 0.2) is 5.82 Å². The molecule has 1 heterocycles. The van der Waals surface area contributed by atoms with Gasteiger partial charge in [0.1, 0.15) is 18.4 Å². The van der Waals surface area contributed by atoms with Crippen molar-refractivity contribution in [3.63, 3.8) is 0 Å². The van der Waals surface area contributed by atoms with Crippen molar-refractivity contribution < 1.29 is 19.2 Å². The van der Waals surface area contributed by atoms with Crippen LogP contribution in [0.15, 0.2) is 63.9 Å². The van der Waals surface area contributed by atoms with Crippen molar-refractivity contribution in [1.82, 2.24) is 15.0 Å². The number of hydrogen-bond acceptors (Lipinski definition) is 5. The quantitative estimate of drug-likeness (QED) is 0.608. The van der Waals surface area contributed by atoms with E-state index in [1.54, 1.807) is 20.8 Å². The third kappa shape index (κ3) is 5.28. The minimum absolute atomic E-state index is 0.168. The molecular weight excluding hydrogens is 386 g/mol. The van der Waals surface area contributed by atoms with E-state index in [0.717, 1.165) is 11.1 Å². The Bertz CT molecular complexity index is 1020. The summed E-state index contributed by atoms with van der Waals surface area (Å²) >= 11 is 0. The molecule has 3 rings (SSSR count). The number of ether oxygens (including phenoxy) is 1. The Morgan fingerprint density at radius 1 is 1.13 bits per heavy atom. The Hall–Kier alpha value is -3.55. The van der Waals surface area contributed by atoms with Crippen molar-refractivity contribution >= 4 is 6.09 Å². The molecule has 0 aliphatic rings. The van der Waals surface area contributed by atoms with Gasteiger partial charge in [0, 0.05) is 12.0 Å². The van der Waals surface area contributed by atoms with Crippen LogP contribution in [0.5, 0.6) is 5.75 Å². The molecule has 8 nitrogen and oxygen atoms in total. The molecule has 0 aliphatic heterocycles. The monoisotopic (exact) mass is 411 g/mol. The molecule has 3 aromatic rings. The molecule has 0 bridgehead atoms. The maximum absolute atomic E-state index is 12.0. The number of aromatic nitrogens is 2. The molecule has 30 heavy (non-hydrogen) atoms. The summed E-state index contributed by atoms with van der Waals surface area (Å²) < 4.78 is 10.4. The third-order valence-electron chi connectivity index (χ3n) is 4.61. The number of amides is 1. The molecule has 2 N–H and O–H groups in total. The van der Waals surface area contributed by atoms with Gasteiger partial charge >= 0.3 is 11.8 Å². The van der Waals surface area contributed by atoms with E-state index in [1.165, 1.54) is 4.90 Å². The fourth-order valence-electron chi connectivity index (χ4n) is 3.27. The van der Waals surface area contributed by atoms with Crippen LogP contribution in [-0.2, 0) is 13.0 Å². The normalized spacial score (nSPS) is 12.4. The number of nitrogens with zero attached hydrogens (tertiary/aromatic N) is 2. The Balaban J connectivity index is 1.78. The Morgan fingerprint density at radius 2 is 1.80 bits per heavy atom. The Kier molecular flexibility index (Phi) is 6.25. The first kappa shape index (κ1) is 21.2. The van der Waals surface area contributed by atoms with Gasteiger partial charge in [-0.05, 0) is 44.0 Å². The predicted molar refractivity (Wildman–Crippen MR) is 110 cm³/mol. The number of hydrogen-bond donors (Lipinski definition) is 2. The summed E-state index contributed by atoms with van der Waals surface area (Å²) in [4.78, 5) is 27.2. The van der Waals surface area contributed by atoms with Crippen LogP contribution in [0.1, 0.15) is 43.8 Å². The van der Waals surface area contributed by atoms with E-state index in [-0.39, 0.29) is 5.82 Å². The summed E-state index contributed by atoms with van der Waals surface area (Å²) in [6, 6.07) is 16.5. The zero-order valence-corrected chi connectivity index (χ0v) is 17.2. The van der Waals surface area contributed by atoms with E-state index in [0.29, 0.717) is 18.8 Å². The van der Waals surface area contributed by atoms with E-state index in [4.69, 9.17) is 4.74 Å². The van der Waals surface area contributed by atoms with Crippen molar-refractivity contribution in [2.45, 2.75) is 45.4 Å². The van der Waals surface area contributed by atoms with Gasteiger partial charge in [-0.15, -0.1) is 0 Å². The number of benzene rings is 2. The minimum Gasteiger partial charge on any atom is -0.489 e. The standard InChI is InChI=1S/C22H25N3O5/c1-22(2,3)25(21(27)28)18(19-23-20(26)30-24-19)13-15-9-11-17(12-10-15)29-14-16-7-5-4-6-8-16/h4-12,18H,13-14H2,1-3H3,(H,27,28)(H,23,24,26). The number of rotatable bonds is 7. The molecule has 1 atom stereocenters. The second kappa shape index (κ2) is 8.86. The Labute approximate surface area is 174 Å². The van der Waals surface area contributed by atoms with Gasteiger partial charge in [-0.3, -0.25) is 14.4 Å². The molecule has 2 aromatic carbocycles. The lowest BCUT2D eigenvalue weighted by Crippen LogP contribution is -2.48. The first-order chi connectivity index (χ1) is 14.2. The second-order valence-electron chi connectivity index (χ2n) is 7.94. The summed E-state index contributed by atoms with van der Waals surface area (Å²) in [5, 5.41) is 13.5. The van der Waals surface area contributed by atoms with Gasteiger partial charge < -0.3 is 9.84 Å². The first-order valence-corrected chi connectivity index (χ1v) is 9.58. The van der Waals surface area contributed by atoms with Crippen molar-refractivity contribution in [3.8, 4) is 5.75 Å². The average Bonchev–Trinajstić information content (AvgIpc) is 3.12. The molecule has 1 amide bonds. The van der Waals surface area contributed by atoms with Crippen molar-refractivity contribution in [3.05, 3.63) is 82.1 Å². The number of carbonyl (C=O) groups is 1. The SMILES string of the molecule is CC(C)(C)N(C(=O)O)C(Cc1ccc(OCc2ccccc2)cc1)c1noc(=O)[nH]1. The molecule has 1 unspecified atom stereocenters. The molecule has 0 saturated carbocycles. The fraction of sp³-hybridized carbons (Fsp3) is 0.318. The lowest BCUT2D eigenvalue weighted by atomic mass is 9.98. The smallest absolute Gasteiger partial charge is 0.438 e. The average molecular weight is 411 g/mol. The van der Waals surface area contributed by atoms with Crippen LogP contribution in [0.3, 0.4) is 0 Å². The van der Waals surface area contributed by atoms with Gasteiger partial charge in [0.05, 0.1) is 0 Å². The topological polar surface area (TPSA) is 109 Å². The van der Waals surface area contributed by atoms with Crippen LogP contribution in [0.2, 0.25) is 0 Å². The summed E-state index contributed by atoms with van der Waals surface area (Å²) in [6.07, 6.45) is -0.801. The highest BCUT2D eigenvalue weighted by atomic mass is 16.5. The highest BCUT2D eigenvalue weighted by Gasteiger charge is 2.36. The van der Waals surface area contributed by atoms with Gasteiger partial charge in [0.25, 0.3) is 0 Å². The number of carboxylic acid groups (broad SMARTS) is 1. The largest absolute Gasteiger partial charge is 0.489 e. The van der Waals surface area contributed by atoms with E-state index in [1.807, 2.05) is 54.6 Å². The molecule has 0 radical (unpaired) electrons. The van der Waals surface area contributed by atoms with Crippen LogP contribution in [0.4, 0.5) is 4.79 Å². The second-order valence-corrected chi connectivity index (χ2v) is 7.94. The molecule has 0 fully saturated rings. The van der Waals surface area contributed by atoms with Crippen molar-refractivity contribution in [1.29, 1.82) is 0 Å². The van der Waals surface area contributed by atoms with E-state index >= 15 is 0 Å². The maximum atomic E-state index is 12.0. The maximum Gasteiger partial charge on any atom is 0.438 e. The molecule has 8 heteroatoms. The van der Waals surface area contributed by atoms with Crippen LogP contribution < -0.4 is 10.5 Å². The summed E-state index contributed by atoms with van der Waals surface area (Å²) in [5.74, 6) is 0.153. The van der Waals surface area contributed by atoms with Crippen LogP contribution in [0.25, 0.3) is 0 Å². The summed E-state index contributed by atoms with van der Waals surface area (Å²) in [7, 11) is 0. The lowest BCUT2D eigenvalue weighted by Gasteiger charge is -2.38. The molecule has 1 aromatic heterocycles. The van der Waals surface area contributed by atoms with Crippen LogP contribution in [0, 0.1) is 0 Å². The number of nitrogens with one attached hydrogen (secondary N) is 1. The van der Waals surface area contributed by atoms with Crippen molar-refractivity contribution in [2.24, 2.45) is 0 Å². The van der Waals surface area contributed by atoms with Crippen LogP contribution >= 0.6 is 0 Å². The number of aromatic amines is 1. The van der Waals surface area contributed by atoms with Gasteiger partial charge in [0.2, 0.25) is 0 Å². The molecular formula is C22H25N3O5.